The van der Waals surface area contributed by atoms with Crippen molar-refractivity contribution in [2.45, 2.75) is 32.5 Å². The van der Waals surface area contributed by atoms with Gasteiger partial charge in [-0.3, -0.25) is 9.69 Å². The first kappa shape index (κ1) is 20.4. The van der Waals surface area contributed by atoms with Gasteiger partial charge in [-0.25, -0.2) is 0 Å². The highest BCUT2D eigenvalue weighted by molar-refractivity contribution is 5.92. The topological polar surface area (TPSA) is 72.8 Å². The summed E-state index contributed by atoms with van der Waals surface area (Å²) in [5.74, 6) is -0.479. The highest BCUT2D eigenvalue weighted by Crippen LogP contribution is 2.20. The van der Waals surface area contributed by atoms with E-state index < -0.39 is 37.8 Å². The number of halogens is 3. The second kappa shape index (κ2) is 9.00. The van der Waals surface area contributed by atoms with Crippen molar-refractivity contribution in [3.8, 4) is 0 Å². The number of anilines is 1. The van der Waals surface area contributed by atoms with Crippen LogP contribution in [0.25, 0.3) is 0 Å². The van der Waals surface area contributed by atoms with E-state index in [2.05, 4.69) is 5.32 Å². The maximum Gasteiger partial charge on any atom is 0.390 e. The summed E-state index contributed by atoms with van der Waals surface area (Å²) in [6, 6.07) is 5.45. The lowest BCUT2D eigenvalue weighted by Gasteiger charge is -2.24. The molecule has 0 heterocycles. The SMILES string of the molecule is Cc1cc(C)cc(NC(=O)CN(CCC(F)(F)F)C[C@H](O)CO)c1. The highest BCUT2D eigenvalue weighted by Gasteiger charge is 2.28. The predicted molar refractivity (Wildman–Crippen MR) is 84.8 cm³/mol. The van der Waals surface area contributed by atoms with Crippen molar-refractivity contribution in [3.63, 3.8) is 0 Å². The molecule has 0 saturated carbocycles. The van der Waals surface area contributed by atoms with Gasteiger partial charge in [0.1, 0.15) is 0 Å². The molecule has 0 fully saturated rings. The Labute approximate surface area is 139 Å². The lowest BCUT2D eigenvalue weighted by Crippen LogP contribution is -2.41. The second-order valence-electron chi connectivity index (χ2n) is 5.86. The molecule has 0 spiro atoms. The molecule has 0 unspecified atom stereocenters. The van der Waals surface area contributed by atoms with Gasteiger partial charge in [-0.05, 0) is 37.1 Å². The van der Waals surface area contributed by atoms with Gasteiger partial charge in [-0.15, -0.1) is 0 Å². The zero-order valence-corrected chi connectivity index (χ0v) is 13.7. The Morgan fingerprint density at radius 2 is 1.83 bits per heavy atom. The minimum atomic E-state index is -4.35. The average molecular weight is 348 g/mol. The molecular formula is C16H23F3N2O3. The van der Waals surface area contributed by atoms with E-state index in [0.717, 1.165) is 11.1 Å². The molecule has 5 nitrogen and oxygen atoms in total. The number of hydrogen-bond acceptors (Lipinski definition) is 4. The van der Waals surface area contributed by atoms with Crippen molar-refractivity contribution in [2.75, 3.05) is 31.6 Å². The molecule has 1 aromatic carbocycles. The first-order valence-electron chi connectivity index (χ1n) is 7.55. The van der Waals surface area contributed by atoms with Crippen LogP contribution in [0.3, 0.4) is 0 Å². The van der Waals surface area contributed by atoms with Gasteiger partial charge in [-0.2, -0.15) is 13.2 Å². The molecule has 24 heavy (non-hydrogen) atoms. The number of carbonyl (C=O) groups excluding carboxylic acids is 1. The van der Waals surface area contributed by atoms with Crippen LogP contribution in [0.15, 0.2) is 18.2 Å². The quantitative estimate of drug-likeness (QED) is 0.670. The number of nitrogens with one attached hydrogen (secondary N) is 1. The van der Waals surface area contributed by atoms with Crippen molar-refractivity contribution in [2.24, 2.45) is 0 Å². The summed E-state index contributed by atoms with van der Waals surface area (Å²) in [7, 11) is 0. The molecule has 8 heteroatoms. The summed E-state index contributed by atoms with van der Waals surface area (Å²) in [6.07, 6.45) is -6.65. The summed E-state index contributed by atoms with van der Waals surface area (Å²) in [5, 5.41) is 20.9. The Morgan fingerprint density at radius 3 is 2.33 bits per heavy atom. The summed E-state index contributed by atoms with van der Waals surface area (Å²) in [6.45, 7) is 2.21. The lowest BCUT2D eigenvalue weighted by atomic mass is 10.1. The van der Waals surface area contributed by atoms with E-state index >= 15 is 0 Å². The van der Waals surface area contributed by atoms with Crippen molar-refractivity contribution in [1.82, 2.24) is 4.90 Å². The van der Waals surface area contributed by atoms with Gasteiger partial charge < -0.3 is 15.5 Å². The van der Waals surface area contributed by atoms with Gasteiger partial charge in [-0.1, -0.05) is 6.07 Å². The normalized spacial score (nSPS) is 13.2. The first-order valence-corrected chi connectivity index (χ1v) is 7.55. The van der Waals surface area contributed by atoms with Crippen molar-refractivity contribution in [1.29, 1.82) is 0 Å². The van der Waals surface area contributed by atoms with Crippen LogP contribution >= 0.6 is 0 Å². The Kier molecular flexibility index (Phi) is 7.65. The van der Waals surface area contributed by atoms with E-state index in [9.17, 15) is 23.1 Å². The van der Waals surface area contributed by atoms with Gasteiger partial charge in [0.15, 0.2) is 0 Å². The Bertz CT molecular complexity index is 530. The largest absolute Gasteiger partial charge is 0.394 e. The third-order valence-corrected chi connectivity index (χ3v) is 3.26. The molecule has 0 aliphatic rings. The van der Waals surface area contributed by atoms with Crippen molar-refractivity contribution < 1.29 is 28.2 Å². The summed E-state index contributed by atoms with van der Waals surface area (Å²) < 4.78 is 37.1. The zero-order valence-electron chi connectivity index (χ0n) is 13.7. The third-order valence-electron chi connectivity index (χ3n) is 3.26. The number of benzene rings is 1. The van der Waals surface area contributed by atoms with E-state index in [-0.39, 0.29) is 13.1 Å². The molecule has 1 rings (SSSR count). The summed E-state index contributed by atoms with van der Waals surface area (Å²) in [5.41, 5.74) is 2.47. The van der Waals surface area contributed by atoms with Crippen LogP contribution in [-0.2, 0) is 4.79 Å². The summed E-state index contributed by atoms with van der Waals surface area (Å²) in [4.78, 5) is 13.2. The molecule has 1 aromatic rings. The minimum Gasteiger partial charge on any atom is -0.394 e. The molecule has 1 atom stereocenters. The minimum absolute atomic E-state index is 0.215. The number of rotatable bonds is 8. The van der Waals surface area contributed by atoms with Crippen LogP contribution in [0.5, 0.6) is 0 Å². The number of nitrogens with zero attached hydrogens (tertiary/aromatic N) is 1. The molecule has 136 valence electrons. The number of hydrogen-bond donors (Lipinski definition) is 3. The van der Waals surface area contributed by atoms with Crippen LogP contribution in [-0.4, -0.2) is 59.5 Å². The fourth-order valence-electron chi connectivity index (χ4n) is 2.33. The van der Waals surface area contributed by atoms with Crippen molar-refractivity contribution in [3.05, 3.63) is 29.3 Å². The van der Waals surface area contributed by atoms with Crippen LogP contribution in [0.2, 0.25) is 0 Å². The summed E-state index contributed by atoms with van der Waals surface area (Å²) >= 11 is 0. The first-order chi connectivity index (χ1) is 11.1. The lowest BCUT2D eigenvalue weighted by molar-refractivity contribution is -0.140. The van der Waals surface area contributed by atoms with Gasteiger partial charge in [0.2, 0.25) is 5.91 Å². The standard InChI is InChI=1S/C16H23F3N2O3/c1-11-5-12(2)7-13(6-11)20-15(24)9-21(8-14(23)10-22)4-3-16(17,18)19/h5-7,14,22-23H,3-4,8-10H2,1-2H3,(H,20,24)/t14-/m0/s1. The number of aliphatic hydroxyl groups is 2. The number of amides is 1. The Balaban J connectivity index is 2.67. The van der Waals surface area contributed by atoms with E-state index in [1.807, 2.05) is 19.9 Å². The van der Waals surface area contributed by atoms with Crippen molar-refractivity contribution >= 4 is 11.6 Å². The van der Waals surface area contributed by atoms with E-state index in [1.165, 1.54) is 4.90 Å². The number of aliphatic hydroxyl groups excluding tert-OH is 2. The number of alkyl halides is 3. The monoisotopic (exact) mass is 348 g/mol. The van der Waals surface area contributed by atoms with Crippen LogP contribution < -0.4 is 5.32 Å². The number of carbonyl (C=O) groups is 1. The fourth-order valence-corrected chi connectivity index (χ4v) is 2.33. The molecule has 0 bridgehead atoms. The van der Waals surface area contributed by atoms with E-state index in [4.69, 9.17) is 5.11 Å². The van der Waals surface area contributed by atoms with Gasteiger partial charge >= 0.3 is 6.18 Å². The second-order valence-corrected chi connectivity index (χ2v) is 5.86. The van der Waals surface area contributed by atoms with Gasteiger partial charge in [0.25, 0.3) is 0 Å². The maximum absolute atomic E-state index is 12.4. The molecule has 0 aliphatic heterocycles. The molecule has 3 N–H and O–H groups in total. The van der Waals surface area contributed by atoms with Crippen LogP contribution in [0.1, 0.15) is 17.5 Å². The molecule has 0 aromatic heterocycles. The molecule has 0 saturated heterocycles. The molecule has 1 amide bonds. The number of aryl methyl sites for hydroxylation is 2. The van der Waals surface area contributed by atoms with E-state index in [1.54, 1.807) is 12.1 Å². The van der Waals surface area contributed by atoms with Crippen LogP contribution in [0.4, 0.5) is 18.9 Å². The van der Waals surface area contributed by atoms with Crippen LogP contribution in [0, 0.1) is 13.8 Å². The molecule has 0 radical (unpaired) electrons. The maximum atomic E-state index is 12.4. The zero-order chi connectivity index (χ0) is 18.3. The smallest absolute Gasteiger partial charge is 0.390 e. The van der Waals surface area contributed by atoms with Gasteiger partial charge in [0.05, 0.1) is 25.7 Å². The molecular weight excluding hydrogens is 325 g/mol. The third kappa shape index (κ3) is 8.28. The van der Waals surface area contributed by atoms with E-state index in [0.29, 0.717) is 5.69 Å². The average Bonchev–Trinajstić information content (AvgIpc) is 2.42. The van der Waals surface area contributed by atoms with Gasteiger partial charge in [0, 0.05) is 18.8 Å². The predicted octanol–water partition coefficient (Wildman–Crippen LogP) is 1.85. The Morgan fingerprint density at radius 1 is 1.25 bits per heavy atom. The Hall–Kier alpha value is -1.64. The molecule has 0 aliphatic carbocycles. The fraction of sp³-hybridized carbons (Fsp3) is 0.562. The highest BCUT2D eigenvalue weighted by atomic mass is 19.4.